The highest BCUT2D eigenvalue weighted by atomic mass is 32.2. The quantitative estimate of drug-likeness (QED) is 0.291. The van der Waals surface area contributed by atoms with Crippen LogP contribution in [0, 0.1) is 0 Å². The Bertz CT molecular complexity index is 1340. The van der Waals surface area contributed by atoms with Crippen LogP contribution in [-0.4, -0.2) is 59.2 Å². The smallest absolute Gasteiger partial charge is 0.163 e. The van der Waals surface area contributed by atoms with E-state index in [0.29, 0.717) is 6.42 Å². The minimum atomic E-state index is -3.64. The number of hydrogen-bond acceptors (Lipinski definition) is 6. The first-order valence-corrected chi connectivity index (χ1v) is 12.9. The molecule has 0 unspecified atom stereocenters. The molecular formula is C27H28O6S. The van der Waals surface area contributed by atoms with Crippen LogP contribution in [0.25, 0.3) is 22.4 Å². The van der Waals surface area contributed by atoms with Gasteiger partial charge in [0.15, 0.2) is 9.84 Å². The minimum absolute atomic E-state index is 0.199. The van der Waals surface area contributed by atoms with Crippen LogP contribution in [0.15, 0.2) is 77.9 Å². The summed E-state index contributed by atoms with van der Waals surface area (Å²) in [7, 11) is -3.64. The van der Waals surface area contributed by atoms with Crippen LogP contribution in [-0.2, 0) is 9.84 Å². The number of rotatable bonds is 8. The van der Waals surface area contributed by atoms with Crippen LogP contribution < -0.4 is 0 Å². The monoisotopic (exact) mass is 480 g/mol. The van der Waals surface area contributed by atoms with Crippen LogP contribution in [0.5, 0.6) is 5.75 Å². The van der Waals surface area contributed by atoms with Gasteiger partial charge in [-0.15, -0.1) is 0 Å². The minimum Gasteiger partial charge on any atom is -0.507 e. The number of phenolic OH excluding ortho intramolecular Hbond substituents is 1. The van der Waals surface area contributed by atoms with Crippen molar-refractivity contribution in [3.8, 4) is 5.75 Å². The summed E-state index contributed by atoms with van der Waals surface area (Å²) in [6, 6.07) is 20.8. The molecule has 0 fully saturated rings. The van der Waals surface area contributed by atoms with Crippen molar-refractivity contribution in [3.63, 3.8) is 0 Å². The molecule has 0 amide bonds. The van der Waals surface area contributed by atoms with Gasteiger partial charge in [-0.05, 0) is 52.1 Å². The third-order valence-corrected chi connectivity index (χ3v) is 8.40. The number of aromatic hydroxyl groups is 1. The van der Waals surface area contributed by atoms with Crippen molar-refractivity contribution < 1.29 is 28.8 Å². The molecule has 0 spiro atoms. The highest BCUT2D eigenvalue weighted by Crippen LogP contribution is 2.34. The van der Waals surface area contributed by atoms with Crippen LogP contribution >= 0.6 is 0 Å². The Morgan fingerprint density at radius 2 is 1.65 bits per heavy atom. The van der Waals surface area contributed by atoms with Gasteiger partial charge >= 0.3 is 0 Å². The van der Waals surface area contributed by atoms with Crippen LogP contribution in [0.2, 0.25) is 0 Å². The van der Waals surface area contributed by atoms with Gasteiger partial charge in [0.05, 0.1) is 25.1 Å². The Morgan fingerprint density at radius 1 is 0.971 bits per heavy atom. The van der Waals surface area contributed by atoms with Gasteiger partial charge in [-0.3, -0.25) is 0 Å². The van der Waals surface area contributed by atoms with Crippen molar-refractivity contribution in [1.29, 1.82) is 0 Å². The molecule has 3 aromatic carbocycles. The molecule has 1 heterocycles. The molecule has 3 aromatic rings. The highest BCUT2D eigenvalue weighted by Gasteiger charge is 2.40. The maximum absolute atomic E-state index is 12.4. The second-order valence-corrected chi connectivity index (χ2v) is 10.7. The summed E-state index contributed by atoms with van der Waals surface area (Å²) in [6.07, 6.45) is 1.56. The van der Waals surface area contributed by atoms with Crippen molar-refractivity contribution in [1.82, 2.24) is 0 Å². The normalized spacial score (nSPS) is 19.0. The first kappa shape index (κ1) is 24.2. The average molecular weight is 481 g/mol. The Balaban J connectivity index is 1.69. The van der Waals surface area contributed by atoms with Crippen molar-refractivity contribution in [2.75, 3.05) is 19.0 Å². The predicted molar refractivity (Wildman–Crippen MR) is 134 cm³/mol. The SMILES string of the molecule is O=S1(=O)CC(CO)=C([C@H](O)CC/C(=C/c2ccc(O)c3ccccc23)c2ccccc2)[C@@H]1CO. The molecule has 0 saturated heterocycles. The Hall–Kier alpha value is -2.97. The van der Waals surface area contributed by atoms with Crippen molar-refractivity contribution in [2.45, 2.75) is 24.2 Å². The summed E-state index contributed by atoms with van der Waals surface area (Å²) in [5.41, 5.74) is 3.28. The number of benzene rings is 3. The van der Waals surface area contributed by atoms with E-state index < -0.39 is 34.4 Å². The fourth-order valence-corrected chi connectivity index (χ4v) is 6.55. The maximum Gasteiger partial charge on any atom is 0.163 e. The molecule has 2 atom stereocenters. The lowest BCUT2D eigenvalue weighted by molar-refractivity contribution is 0.188. The van der Waals surface area contributed by atoms with E-state index in [9.17, 15) is 28.8 Å². The van der Waals surface area contributed by atoms with E-state index in [4.69, 9.17) is 0 Å². The number of phenols is 1. The largest absolute Gasteiger partial charge is 0.507 e. The Labute approximate surface area is 199 Å². The molecule has 4 rings (SSSR count). The summed E-state index contributed by atoms with van der Waals surface area (Å²) < 4.78 is 24.7. The van der Waals surface area contributed by atoms with Gasteiger partial charge in [-0.2, -0.15) is 0 Å². The molecule has 7 heteroatoms. The molecule has 0 radical (unpaired) electrons. The van der Waals surface area contributed by atoms with E-state index in [1.807, 2.05) is 66.7 Å². The number of aliphatic hydroxyl groups is 3. The van der Waals surface area contributed by atoms with Gasteiger partial charge < -0.3 is 20.4 Å². The average Bonchev–Trinajstić information content (AvgIpc) is 3.13. The number of sulfone groups is 1. The summed E-state index contributed by atoms with van der Waals surface area (Å²) in [5, 5.41) is 41.0. The lowest BCUT2D eigenvalue weighted by Crippen LogP contribution is -2.29. The summed E-state index contributed by atoms with van der Waals surface area (Å²) in [4.78, 5) is 0. The summed E-state index contributed by atoms with van der Waals surface area (Å²) in [6.45, 7) is -1.10. The molecule has 34 heavy (non-hydrogen) atoms. The van der Waals surface area contributed by atoms with E-state index >= 15 is 0 Å². The molecular weight excluding hydrogens is 452 g/mol. The van der Waals surface area contributed by atoms with E-state index in [-0.39, 0.29) is 29.1 Å². The first-order valence-electron chi connectivity index (χ1n) is 11.2. The van der Waals surface area contributed by atoms with Gasteiger partial charge in [0.1, 0.15) is 11.0 Å². The first-order chi connectivity index (χ1) is 16.4. The zero-order valence-electron chi connectivity index (χ0n) is 18.6. The molecule has 4 N–H and O–H groups in total. The van der Waals surface area contributed by atoms with Gasteiger partial charge in [-0.1, -0.05) is 66.7 Å². The van der Waals surface area contributed by atoms with Crippen LogP contribution in [0.3, 0.4) is 0 Å². The molecule has 1 aliphatic heterocycles. The molecule has 178 valence electrons. The Kier molecular flexibility index (Phi) is 7.19. The third kappa shape index (κ3) is 4.79. The summed E-state index contributed by atoms with van der Waals surface area (Å²) >= 11 is 0. The van der Waals surface area contributed by atoms with Crippen molar-refractivity contribution in [2.24, 2.45) is 0 Å². The lowest BCUT2D eigenvalue weighted by atomic mass is 9.91. The standard InChI is InChI=1S/C27H28O6S/c28-15-21-17-34(32,33)26(16-29)27(21)25(31)13-10-19(18-6-2-1-3-7-18)14-20-11-12-24(30)23-9-5-4-8-22(20)23/h1-9,11-12,14,25-26,28-31H,10,13,15-17H2/b19-14-/t25-,26+/m1/s1. The van der Waals surface area contributed by atoms with Crippen LogP contribution in [0.1, 0.15) is 24.0 Å². The van der Waals surface area contributed by atoms with Crippen LogP contribution in [0.4, 0.5) is 0 Å². The summed E-state index contributed by atoms with van der Waals surface area (Å²) in [5.74, 6) is -0.146. The Morgan fingerprint density at radius 3 is 2.32 bits per heavy atom. The molecule has 0 aliphatic carbocycles. The number of allylic oxidation sites excluding steroid dienone is 1. The second-order valence-electron chi connectivity index (χ2n) is 8.50. The predicted octanol–water partition coefficient (Wildman–Crippen LogP) is 3.31. The second kappa shape index (κ2) is 10.1. The lowest BCUT2D eigenvalue weighted by Gasteiger charge is -2.20. The van der Waals surface area contributed by atoms with E-state index in [1.54, 1.807) is 6.07 Å². The van der Waals surface area contributed by atoms with Gasteiger partial charge in [-0.25, -0.2) is 8.42 Å². The zero-order chi connectivity index (χ0) is 24.3. The molecule has 6 nitrogen and oxygen atoms in total. The fourth-order valence-electron chi connectivity index (χ4n) is 4.67. The topological polar surface area (TPSA) is 115 Å². The fraction of sp³-hybridized carbons (Fsp3) is 0.259. The van der Waals surface area contributed by atoms with Gasteiger partial charge in [0.25, 0.3) is 0 Å². The molecule has 0 saturated carbocycles. The third-order valence-electron chi connectivity index (χ3n) is 6.38. The van der Waals surface area contributed by atoms with Crippen molar-refractivity contribution in [3.05, 3.63) is 89.0 Å². The van der Waals surface area contributed by atoms with E-state index in [0.717, 1.165) is 27.5 Å². The van der Waals surface area contributed by atoms with Gasteiger partial charge in [0, 0.05) is 5.39 Å². The van der Waals surface area contributed by atoms with Crippen molar-refractivity contribution >= 4 is 32.3 Å². The van der Waals surface area contributed by atoms with Gasteiger partial charge in [0.2, 0.25) is 0 Å². The molecule has 0 aromatic heterocycles. The van der Waals surface area contributed by atoms with E-state index in [2.05, 4.69) is 0 Å². The highest BCUT2D eigenvalue weighted by molar-refractivity contribution is 7.92. The molecule has 0 bridgehead atoms. The number of aliphatic hydroxyl groups excluding tert-OH is 3. The molecule has 1 aliphatic rings. The van der Waals surface area contributed by atoms with E-state index in [1.165, 1.54) is 0 Å². The number of hydrogen-bond donors (Lipinski definition) is 4. The zero-order valence-corrected chi connectivity index (χ0v) is 19.4. The number of fused-ring (bicyclic) bond motifs is 1. The maximum atomic E-state index is 12.4.